The molecule has 0 aliphatic carbocycles. The van der Waals surface area contributed by atoms with Gasteiger partial charge in [-0.1, -0.05) is 23.4 Å². The maximum Gasteiger partial charge on any atom is 0.262 e. The minimum absolute atomic E-state index is 0.0638. The lowest BCUT2D eigenvalue weighted by atomic mass is 10.2. The Bertz CT molecular complexity index is 1220. The highest BCUT2D eigenvalue weighted by atomic mass is 35.5. The molecule has 3 heterocycles. The van der Waals surface area contributed by atoms with Gasteiger partial charge >= 0.3 is 0 Å². The molecule has 0 N–H and O–H groups in total. The van der Waals surface area contributed by atoms with Crippen molar-refractivity contribution < 1.29 is 9.15 Å². The molecule has 0 aliphatic heterocycles. The molecular formula is C22H22ClN3O3S2. The fraction of sp³-hybridized carbons (Fsp3) is 0.318. The van der Waals surface area contributed by atoms with Crippen LogP contribution in [0, 0.1) is 0 Å². The van der Waals surface area contributed by atoms with E-state index in [4.69, 9.17) is 25.7 Å². The molecule has 4 aromatic rings. The first-order valence-electron chi connectivity index (χ1n) is 9.93. The minimum Gasteiger partial charge on any atom is -0.472 e. The van der Waals surface area contributed by atoms with Gasteiger partial charge in [-0.25, -0.2) is 9.97 Å². The van der Waals surface area contributed by atoms with Crippen LogP contribution in [0.3, 0.4) is 0 Å². The number of hydrogen-bond donors (Lipinski definition) is 0. The van der Waals surface area contributed by atoms with Crippen molar-refractivity contribution in [2.75, 3.05) is 6.61 Å². The molecule has 0 atom stereocenters. The third kappa shape index (κ3) is 5.38. The second-order valence-corrected chi connectivity index (χ2v) is 9.47. The fourth-order valence-electron chi connectivity index (χ4n) is 3.05. The number of halogens is 1. The van der Waals surface area contributed by atoms with Gasteiger partial charge in [0.25, 0.3) is 5.56 Å². The summed E-state index contributed by atoms with van der Waals surface area (Å²) in [5.74, 6) is 0.607. The zero-order chi connectivity index (χ0) is 21.8. The first-order chi connectivity index (χ1) is 15.0. The van der Waals surface area contributed by atoms with Crippen LogP contribution in [0.1, 0.15) is 26.0 Å². The largest absolute Gasteiger partial charge is 0.472 e. The Morgan fingerprint density at radius 2 is 2.16 bits per heavy atom. The number of rotatable bonds is 9. The Morgan fingerprint density at radius 3 is 2.94 bits per heavy atom. The molecule has 0 fully saturated rings. The summed E-state index contributed by atoms with van der Waals surface area (Å²) >= 11 is 9.20. The van der Waals surface area contributed by atoms with Crippen molar-refractivity contribution in [1.29, 1.82) is 0 Å². The highest BCUT2D eigenvalue weighted by Gasteiger charge is 2.14. The molecule has 0 unspecified atom stereocenters. The van der Waals surface area contributed by atoms with E-state index < -0.39 is 0 Å². The van der Waals surface area contributed by atoms with Crippen LogP contribution in [0.5, 0.6) is 0 Å². The summed E-state index contributed by atoms with van der Waals surface area (Å²) in [6, 6.07) is 7.08. The van der Waals surface area contributed by atoms with Crippen molar-refractivity contribution in [1.82, 2.24) is 14.5 Å². The molecule has 6 nitrogen and oxygen atoms in total. The van der Waals surface area contributed by atoms with E-state index >= 15 is 0 Å². The topological polar surface area (TPSA) is 70.2 Å². The Morgan fingerprint density at radius 1 is 1.29 bits per heavy atom. The number of aromatic nitrogens is 3. The second kappa shape index (κ2) is 9.99. The van der Waals surface area contributed by atoms with E-state index in [9.17, 15) is 4.79 Å². The number of hydrogen-bond acceptors (Lipinski definition) is 7. The van der Waals surface area contributed by atoms with Gasteiger partial charge in [0, 0.05) is 34.9 Å². The molecule has 3 aromatic heterocycles. The number of furan rings is 1. The second-order valence-electron chi connectivity index (χ2n) is 7.23. The minimum atomic E-state index is -0.0638. The lowest BCUT2D eigenvalue weighted by Crippen LogP contribution is -2.24. The summed E-state index contributed by atoms with van der Waals surface area (Å²) in [4.78, 5) is 22.6. The number of thioether (sulfide) groups is 1. The van der Waals surface area contributed by atoms with Gasteiger partial charge in [-0.2, -0.15) is 0 Å². The van der Waals surface area contributed by atoms with Crippen LogP contribution >= 0.6 is 34.7 Å². The average molecular weight is 476 g/mol. The lowest BCUT2D eigenvalue weighted by molar-refractivity contribution is 0.0743. The maximum absolute atomic E-state index is 13.2. The molecule has 31 heavy (non-hydrogen) atoms. The van der Waals surface area contributed by atoms with Gasteiger partial charge in [-0.05, 0) is 44.5 Å². The zero-order valence-corrected chi connectivity index (χ0v) is 19.6. The maximum atomic E-state index is 13.2. The Hall–Kier alpha value is -2.13. The van der Waals surface area contributed by atoms with Gasteiger partial charge in [0.1, 0.15) is 11.3 Å². The highest BCUT2D eigenvalue weighted by molar-refractivity contribution is 7.98. The van der Waals surface area contributed by atoms with Crippen molar-refractivity contribution in [3.8, 4) is 10.6 Å². The van der Waals surface area contributed by atoms with Crippen LogP contribution < -0.4 is 5.56 Å². The molecule has 0 saturated heterocycles. The van der Waals surface area contributed by atoms with Crippen molar-refractivity contribution >= 4 is 45.6 Å². The molecule has 162 valence electrons. The zero-order valence-electron chi connectivity index (χ0n) is 17.2. The van der Waals surface area contributed by atoms with Crippen molar-refractivity contribution in [3.05, 3.63) is 63.2 Å². The molecule has 0 saturated carbocycles. The van der Waals surface area contributed by atoms with Crippen LogP contribution in [0.15, 0.2) is 56.5 Å². The smallest absolute Gasteiger partial charge is 0.262 e. The van der Waals surface area contributed by atoms with Gasteiger partial charge in [-0.3, -0.25) is 9.36 Å². The molecule has 0 aliphatic rings. The molecule has 0 bridgehead atoms. The van der Waals surface area contributed by atoms with Crippen LogP contribution in [-0.4, -0.2) is 27.2 Å². The van der Waals surface area contributed by atoms with Crippen LogP contribution in [0.25, 0.3) is 21.5 Å². The summed E-state index contributed by atoms with van der Waals surface area (Å²) in [6.45, 7) is 5.13. The predicted molar refractivity (Wildman–Crippen MR) is 126 cm³/mol. The summed E-state index contributed by atoms with van der Waals surface area (Å²) in [7, 11) is 0. The Balaban J connectivity index is 1.58. The fourth-order valence-corrected chi connectivity index (χ4v) is 5.05. The third-order valence-electron chi connectivity index (χ3n) is 4.53. The predicted octanol–water partition coefficient (Wildman–Crippen LogP) is 5.87. The van der Waals surface area contributed by atoms with Crippen LogP contribution in [0.2, 0.25) is 5.02 Å². The van der Waals surface area contributed by atoms with Crippen molar-refractivity contribution in [2.24, 2.45) is 0 Å². The third-order valence-corrected chi connectivity index (χ3v) is 6.71. The monoisotopic (exact) mass is 475 g/mol. The molecular weight excluding hydrogens is 454 g/mol. The number of fused-ring (bicyclic) bond motifs is 1. The number of ether oxygens (including phenoxy) is 1. The highest BCUT2D eigenvalue weighted by Crippen LogP contribution is 2.28. The lowest BCUT2D eigenvalue weighted by Gasteiger charge is -2.14. The van der Waals surface area contributed by atoms with E-state index in [0.29, 0.717) is 40.0 Å². The first-order valence-corrected chi connectivity index (χ1v) is 12.2. The van der Waals surface area contributed by atoms with Gasteiger partial charge in [-0.15, -0.1) is 11.3 Å². The summed E-state index contributed by atoms with van der Waals surface area (Å²) in [6.07, 6.45) is 4.21. The number of thiazole rings is 1. The molecule has 0 radical (unpaired) electrons. The van der Waals surface area contributed by atoms with Crippen molar-refractivity contribution in [2.45, 2.75) is 43.8 Å². The quantitative estimate of drug-likeness (QED) is 0.171. The van der Waals surface area contributed by atoms with E-state index in [2.05, 4.69) is 4.98 Å². The summed E-state index contributed by atoms with van der Waals surface area (Å²) in [5.41, 5.74) is 2.43. The van der Waals surface area contributed by atoms with Crippen molar-refractivity contribution in [3.63, 3.8) is 0 Å². The standard InChI is InChI=1S/C22H22ClN3O3S2/c1-14(2)29-8-3-7-26-21(27)18-5-4-16(23)10-19(18)25-22(26)31-13-17-12-30-20(24-17)15-6-9-28-11-15/h4-6,9-12,14H,3,7-8,13H2,1-2H3. The average Bonchev–Trinajstić information content (AvgIpc) is 3.42. The van der Waals surface area contributed by atoms with E-state index in [1.54, 1.807) is 46.6 Å². The SMILES string of the molecule is CC(C)OCCCn1c(SCc2csc(-c3ccoc3)n2)nc2cc(Cl)ccc2c1=O. The summed E-state index contributed by atoms with van der Waals surface area (Å²) in [5, 5.41) is 4.71. The number of nitrogens with zero attached hydrogens (tertiary/aromatic N) is 3. The summed E-state index contributed by atoms with van der Waals surface area (Å²) < 4.78 is 12.5. The molecule has 9 heteroatoms. The van der Waals surface area contributed by atoms with Crippen LogP contribution in [-0.2, 0) is 17.0 Å². The van der Waals surface area contributed by atoms with E-state index in [1.165, 1.54) is 11.8 Å². The Kier molecular flexibility index (Phi) is 7.12. The van der Waals surface area contributed by atoms with Crippen LogP contribution in [0.4, 0.5) is 0 Å². The number of benzene rings is 1. The van der Waals surface area contributed by atoms with Gasteiger partial charge in [0.2, 0.25) is 0 Å². The van der Waals surface area contributed by atoms with E-state index in [1.807, 2.05) is 25.3 Å². The molecule has 1 aromatic carbocycles. The molecule has 0 spiro atoms. The normalized spacial score (nSPS) is 11.6. The van der Waals surface area contributed by atoms with Gasteiger partial charge in [0.05, 0.1) is 29.0 Å². The Labute approximate surface area is 193 Å². The first kappa shape index (κ1) is 22.1. The van der Waals surface area contributed by atoms with E-state index in [0.717, 1.165) is 22.7 Å². The van der Waals surface area contributed by atoms with Gasteiger partial charge in [0.15, 0.2) is 5.16 Å². The van der Waals surface area contributed by atoms with E-state index in [-0.39, 0.29) is 11.7 Å². The molecule has 0 amide bonds. The van der Waals surface area contributed by atoms with Gasteiger partial charge < -0.3 is 9.15 Å². The molecule has 4 rings (SSSR count).